The molecule has 1 amide bonds. The van der Waals surface area contributed by atoms with Crippen LogP contribution in [0.4, 0.5) is 8.78 Å². The van der Waals surface area contributed by atoms with E-state index in [1.54, 1.807) is 11.8 Å². The molecule has 7 heteroatoms. The molecule has 0 bridgehead atoms. The summed E-state index contributed by atoms with van der Waals surface area (Å²) in [6.45, 7) is 0.934. The summed E-state index contributed by atoms with van der Waals surface area (Å²) in [7, 11) is 0. The van der Waals surface area contributed by atoms with Crippen LogP contribution in [-0.4, -0.2) is 21.2 Å². The molecule has 1 aliphatic heterocycles. The summed E-state index contributed by atoms with van der Waals surface area (Å²) < 4.78 is 29.7. The minimum atomic E-state index is -0.875. The van der Waals surface area contributed by atoms with Crippen molar-refractivity contribution in [3.05, 3.63) is 71.4 Å². The number of hydrogen-bond donors (Lipinski definition) is 1. The second-order valence-corrected chi connectivity index (χ2v) is 6.90. The number of aromatic nitrogens is 2. The van der Waals surface area contributed by atoms with E-state index in [0.717, 1.165) is 46.5 Å². The summed E-state index contributed by atoms with van der Waals surface area (Å²) in [5, 5.41) is 3.53. The largest absolute Gasteiger partial charge is 0.346 e. The third kappa shape index (κ3) is 2.99. The molecule has 0 spiro atoms. The molecule has 1 N–H and O–H groups in total. The number of hydrogen-bond acceptors (Lipinski definition) is 3. The molecule has 4 nitrogen and oxygen atoms in total. The monoisotopic (exact) mass is 371 g/mol. The van der Waals surface area contributed by atoms with Crippen LogP contribution in [0, 0.1) is 11.6 Å². The zero-order valence-electron chi connectivity index (χ0n) is 13.7. The molecule has 0 unspecified atom stereocenters. The van der Waals surface area contributed by atoms with Crippen molar-refractivity contribution in [2.75, 3.05) is 5.75 Å². The molecule has 0 aliphatic carbocycles. The molecule has 0 atom stereocenters. The van der Waals surface area contributed by atoms with Crippen LogP contribution in [-0.2, 0) is 13.1 Å². The van der Waals surface area contributed by atoms with E-state index in [4.69, 9.17) is 0 Å². The molecule has 132 valence electrons. The summed E-state index contributed by atoms with van der Waals surface area (Å²) in [6.07, 6.45) is 0. The van der Waals surface area contributed by atoms with Gasteiger partial charge in [-0.25, -0.2) is 13.8 Å². The highest BCUT2D eigenvalue weighted by Crippen LogP contribution is 2.33. The fourth-order valence-electron chi connectivity index (χ4n) is 3.01. The van der Waals surface area contributed by atoms with Gasteiger partial charge in [0.1, 0.15) is 17.2 Å². The first-order chi connectivity index (χ1) is 12.6. The number of carbonyl (C=O) groups is 1. The Morgan fingerprint density at radius 3 is 2.58 bits per heavy atom. The Balaban J connectivity index is 1.64. The highest BCUT2D eigenvalue weighted by molar-refractivity contribution is 7.99. The fourth-order valence-corrected chi connectivity index (χ4v) is 3.98. The molecule has 3 aromatic rings. The molecule has 1 aromatic heterocycles. The number of imidazole rings is 1. The van der Waals surface area contributed by atoms with E-state index in [2.05, 4.69) is 10.3 Å². The van der Waals surface area contributed by atoms with Crippen molar-refractivity contribution in [3.8, 4) is 11.3 Å². The Morgan fingerprint density at radius 1 is 1.12 bits per heavy atom. The fraction of sp³-hybridized carbons (Fsp3) is 0.158. The number of rotatable bonds is 4. The van der Waals surface area contributed by atoms with E-state index in [-0.39, 0.29) is 6.54 Å². The van der Waals surface area contributed by atoms with Crippen molar-refractivity contribution in [1.82, 2.24) is 14.9 Å². The van der Waals surface area contributed by atoms with Gasteiger partial charge in [0.05, 0.1) is 17.9 Å². The molecule has 0 saturated carbocycles. The third-order valence-electron chi connectivity index (χ3n) is 4.24. The van der Waals surface area contributed by atoms with Crippen LogP contribution >= 0.6 is 11.8 Å². The van der Waals surface area contributed by atoms with Gasteiger partial charge in [0.25, 0.3) is 5.91 Å². The maximum absolute atomic E-state index is 13.8. The van der Waals surface area contributed by atoms with E-state index in [9.17, 15) is 13.6 Å². The first kappa shape index (κ1) is 16.8. The molecule has 1 aliphatic rings. The molecule has 4 rings (SSSR count). The Morgan fingerprint density at radius 2 is 1.85 bits per heavy atom. The predicted molar refractivity (Wildman–Crippen MR) is 95.9 cm³/mol. The number of benzene rings is 2. The minimum absolute atomic E-state index is 0.143. The smallest absolute Gasteiger partial charge is 0.257 e. The molecule has 2 aromatic carbocycles. The van der Waals surface area contributed by atoms with Crippen molar-refractivity contribution in [2.45, 2.75) is 18.2 Å². The Kier molecular flexibility index (Phi) is 4.46. The molecule has 0 fully saturated rings. The lowest BCUT2D eigenvalue weighted by molar-refractivity contribution is 0.0941. The lowest BCUT2D eigenvalue weighted by Crippen LogP contribution is -2.26. The first-order valence-electron chi connectivity index (χ1n) is 8.15. The van der Waals surface area contributed by atoms with E-state index in [0.29, 0.717) is 0 Å². The number of fused-ring (bicyclic) bond motifs is 1. The number of carbonyl (C=O) groups excluding carboxylic acids is 1. The zero-order chi connectivity index (χ0) is 18.1. The number of halogens is 2. The minimum Gasteiger partial charge on any atom is -0.346 e. The van der Waals surface area contributed by atoms with Crippen LogP contribution in [0.15, 0.2) is 53.7 Å². The quantitative estimate of drug-likeness (QED) is 0.757. The summed E-state index contributed by atoms with van der Waals surface area (Å²) in [6, 6.07) is 13.0. The van der Waals surface area contributed by atoms with Crippen molar-refractivity contribution in [3.63, 3.8) is 0 Å². The number of amides is 1. The molecular weight excluding hydrogens is 356 g/mol. The maximum atomic E-state index is 13.8. The summed E-state index contributed by atoms with van der Waals surface area (Å²) in [4.78, 5) is 17.0. The maximum Gasteiger partial charge on any atom is 0.257 e. The van der Waals surface area contributed by atoms with Gasteiger partial charge in [0, 0.05) is 17.9 Å². The SMILES string of the molecule is O=C(NCc1c(-c2ccccc2)nc2n1CCS2)c1c(F)cccc1F. The van der Waals surface area contributed by atoms with Crippen molar-refractivity contribution < 1.29 is 13.6 Å². The molecule has 0 saturated heterocycles. The predicted octanol–water partition coefficient (Wildman–Crippen LogP) is 3.86. The molecular formula is C19H15F2N3OS. The summed E-state index contributed by atoms with van der Waals surface area (Å²) in [5.41, 5.74) is 1.99. The summed E-state index contributed by atoms with van der Waals surface area (Å²) >= 11 is 1.65. The van der Waals surface area contributed by atoms with Crippen LogP contribution in [0.1, 0.15) is 16.1 Å². The lowest BCUT2D eigenvalue weighted by atomic mass is 10.1. The van der Waals surface area contributed by atoms with Gasteiger partial charge in [-0.15, -0.1) is 0 Å². The number of nitrogens with one attached hydrogen (secondary N) is 1. The van der Waals surface area contributed by atoms with Gasteiger partial charge >= 0.3 is 0 Å². The topological polar surface area (TPSA) is 46.9 Å². The van der Waals surface area contributed by atoms with E-state index >= 15 is 0 Å². The van der Waals surface area contributed by atoms with Crippen LogP contribution in [0.3, 0.4) is 0 Å². The van der Waals surface area contributed by atoms with Crippen molar-refractivity contribution >= 4 is 17.7 Å². The second-order valence-electron chi connectivity index (χ2n) is 5.84. The van der Waals surface area contributed by atoms with Crippen LogP contribution < -0.4 is 5.32 Å². The Bertz CT molecular complexity index is 952. The third-order valence-corrected chi connectivity index (χ3v) is 5.19. The van der Waals surface area contributed by atoms with E-state index < -0.39 is 23.1 Å². The Labute approximate surface area is 153 Å². The normalized spacial score (nSPS) is 12.8. The number of thioether (sulfide) groups is 1. The van der Waals surface area contributed by atoms with Gasteiger partial charge in [-0.2, -0.15) is 0 Å². The van der Waals surface area contributed by atoms with Gasteiger partial charge in [-0.1, -0.05) is 48.2 Å². The van der Waals surface area contributed by atoms with Gasteiger partial charge in [0.2, 0.25) is 0 Å². The molecule has 2 heterocycles. The van der Waals surface area contributed by atoms with Gasteiger partial charge in [-0.3, -0.25) is 4.79 Å². The second kappa shape index (κ2) is 6.92. The summed E-state index contributed by atoms with van der Waals surface area (Å²) in [5.74, 6) is -1.61. The average molecular weight is 371 g/mol. The highest BCUT2D eigenvalue weighted by Gasteiger charge is 2.24. The van der Waals surface area contributed by atoms with Crippen LogP contribution in [0.25, 0.3) is 11.3 Å². The van der Waals surface area contributed by atoms with Gasteiger partial charge in [-0.05, 0) is 12.1 Å². The van der Waals surface area contributed by atoms with Crippen LogP contribution in [0.2, 0.25) is 0 Å². The van der Waals surface area contributed by atoms with Crippen LogP contribution in [0.5, 0.6) is 0 Å². The van der Waals surface area contributed by atoms with Crippen molar-refractivity contribution in [1.29, 1.82) is 0 Å². The van der Waals surface area contributed by atoms with E-state index in [1.165, 1.54) is 6.07 Å². The molecule has 26 heavy (non-hydrogen) atoms. The number of nitrogens with zero attached hydrogens (tertiary/aromatic N) is 2. The lowest BCUT2D eigenvalue weighted by Gasteiger charge is -2.10. The van der Waals surface area contributed by atoms with Gasteiger partial charge < -0.3 is 9.88 Å². The molecule has 0 radical (unpaired) electrons. The first-order valence-corrected chi connectivity index (χ1v) is 9.13. The average Bonchev–Trinajstić information content (AvgIpc) is 3.22. The van der Waals surface area contributed by atoms with Crippen molar-refractivity contribution in [2.24, 2.45) is 0 Å². The Hall–Kier alpha value is -2.67. The standard InChI is InChI=1S/C19H15F2N3OS/c20-13-7-4-8-14(21)16(13)18(25)22-11-15-17(12-5-2-1-3-6-12)23-19-24(15)9-10-26-19/h1-8H,9-11H2,(H,22,25). The zero-order valence-corrected chi connectivity index (χ0v) is 14.5. The highest BCUT2D eigenvalue weighted by atomic mass is 32.2. The van der Waals surface area contributed by atoms with E-state index in [1.807, 2.05) is 34.9 Å². The van der Waals surface area contributed by atoms with Gasteiger partial charge in [0.15, 0.2) is 5.16 Å².